The predicted octanol–water partition coefficient (Wildman–Crippen LogP) is 3.27. The first-order valence-electron chi connectivity index (χ1n) is 4.37. The zero-order valence-electron chi connectivity index (χ0n) is 8.85. The van der Waals surface area contributed by atoms with Gasteiger partial charge in [-0.1, -0.05) is 15.9 Å². The van der Waals surface area contributed by atoms with Gasteiger partial charge in [-0.25, -0.2) is 9.78 Å². The van der Waals surface area contributed by atoms with E-state index >= 15 is 0 Å². The minimum Gasteiger partial charge on any atom is -0.465 e. The molecule has 1 aromatic heterocycles. The van der Waals surface area contributed by atoms with Crippen molar-refractivity contribution in [2.45, 2.75) is 11.7 Å². The van der Waals surface area contributed by atoms with Crippen LogP contribution >= 0.6 is 38.5 Å². The Kier molecular flexibility index (Phi) is 5.20. The Bertz CT molecular complexity index is 467. The maximum absolute atomic E-state index is 12.2. The van der Waals surface area contributed by atoms with Crippen LogP contribution in [0.4, 0.5) is 13.2 Å². The van der Waals surface area contributed by atoms with Crippen molar-refractivity contribution in [2.24, 2.45) is 0 Å². The Morgan fingerprint density at radius 2 is 2.17 bits per heavy atom. The molecule has 0 fully saturated rings. The van der Waals surface area contributed by atoms with Crippen LogP contribution in [-0.2, 0) is 10.1 Å². The number of hydrogen-bond acceptors (Lipinski definition) is 4. The molecule has 0 atom stereocenters. The highest BCUT2D eigenvalue weighted by Crippen LogP contribution is 2.31. The first kappa shape index (κ1) is 15.5. The van der Waals surface area contributed by atoms with Crippen molar-refractivity contribution in [3.8, 4) is 5.75 Å². The lowest BCUT2D eigenvalue weighted by molar-refractivity contribution is -0.275. The summed E-state index contributed by atoms with van der Waals surface area (Å²) >= 11 is 4.74. The normalized spacial score (nSPS) is 11.2. The third-order valence-corrected chi connectivity index (χ3v) is 3.23. The van der Waals surface area contributed by atoms with Crippen LogP contribution in [0.1, 0.15) is 15.9 Å². The largest absolute Gasteiger partial charge is 0.573 e. The van der Waals surface area contributed by atoms with E-state index in [1.54, 1.807) is 22.6 Å². The summed E-state index contributed by atoms with van der Waals surface area (Å²) < 4.78 is 45.1. The highest BCUT2D eigenvalue weighted by molar-refractivity contribution is 14.1. The minimum absolute atomic E-state index is 0.00136. The fraction of sp³-hybridized carbons (Fsp3) is 0.333. The summed E-state index contributed by atoms with van der Waals surface area (Å²) in [7, 11) is 1.13. The number of halogens is 5. The molecule has 0 spiro atoms. The van der Waals surface area contributed by atoms with Crippen LogP contribution in [0, 0.1) is 3.70 Å². The Balaban J connectivity index is 3.34. The number of pyridine rings is 1. The van der Waals surface area contributed by atoms with E-state index in [1.165, 1.54) is 0 Å². The number of carbonyl (C=O) groups excluding carboxylic acids is 1. The second-order valence-corrected chi connectivity index (χ2v) is 4.52. The van der Waals surface area contributed by atoms with Gasteiger partial charge in [-0.05, 0) is 22.6 Å². The molecule has 1 aromatic rings. The molecule has 0 amide bonds. The van der Waals surface area contributed by atoms with Gasteiger partial charge in [-0.2, -0.15) is 0 Å². The number of rotatable bonds is 3. The molecule has 1 rings (SSSR count). The zero-order valence-corrected chi connectivity index (χ0v) is 12.6. The topological polar surface area (TPSA) is 48.4 Å². The monoisotopic (exact) mass is 439 g/mol. The van der Waals surface area contributed by atoms with E-state index in [0.717, 1.165) is 13.3 Å². The number of alkyl halides is 4. The number of methoxy groups -OCH3 is 1. The molecule has 100 valence electrons. The third kappa shape index (κ3) is 3.70. The molecule has 4 nitrogen and oxygen atoms in total. The lowest BCUT2D eigenvalue weighted by Crippen LogP contribution is -2.20. The maximum atomic E-state index is 12.2. The highest BCUT2D eigenvalue weighted by Gasteiger charge is 2.33. The van der Waals surface area contributed by atoms with E-state index in [2.05, 4.69) is 30.4 Å². The van der Waals surface area contributed by atoms with Gasteiger partial charge in [0.25, 0.3) is 0 Å². The van der Waals surface area contributed by atoms with Gasteiger partial charge in [0, 0.05) is 10.9 Å². The molecule has 18 heavy (non-hydrogen) atoms. The highest BCUT2D eigenvalue weighted by atomic mass is 127. The van der Waals surface area contributed by atoms with E-state index in [-0.39, 0.29) is 20.2 Å². The molecule has 9 heteroatoms. The molecule has 0 aliphatic carbocycles. The smallest absolute Gasteiger partial charge is 0.465 e. The van der Waals surface area contributed by atoms with Crippen LogP contribution in [0.5, 0.6) is 5.75 Å². The summed E-state index contributed by atoms with van der Waals surface area (Å²) in [4.78, 5) is 15.2. The number of ether oxygens (including phenoxy) is 2. The fourth-order valence-electron chi connectivity index (χ4n) is 1.16. The fourth-order valence-corrected chi connectivity index (χ4v) is 2.40. The molecular formula is C9H6BrF3INO3. The number of esters is 1. The van der Waals surface area contributed by atoms with E-state index in [4.69, 9.17) is 0 Å². The molecule has 0 unspecified atom stereocenters. The van der Waals surface area contributed by atoms with Gasteiger partial charge in [0.2, 0.25) is 0 Å². The van der Waals surface area contributed by atoms with E-state index < -0.39 is 18.1 Å². The quantitative estimate of drug-likeness (QED) is 0.314. The summed E-state index contributed by atoms with van der Waals surface area (Å²) in [5.74, 6) is -1.30. The van der Waals surface area contributed by atoms with Crippen molar-refractivity contribution in [1.82, 2.24) is 4.98 Å². The lowest BCUT2D eigenvalue weighted by Gasteiger charge is -2.14. The number of carbonyl (C=O) groups is 1. The Labute approximate surface area is 122 Å². The van der Waals surface area contributed by atoms with Crippen LogP contribution in [0.2, 0.25) is 0 Å². The Morgan fingerprint density at radius 1 is 1.56 bits per heavy atom. The van der Waals surface area contributed by atoms with Gasteiger partial charge in [-0.3, -0.25) is 0 Å². The van der Waals surface area contributed by atoms with Crippen molar-refractivity contribution >= 4 is 44.5 Å². The summed E-state index contributed by atoms with van der Waals surface area (Å²) in [5.41, 5.74) is -0.00435. The summed E-state index contributed by atoms with van der Waals surface area (Å²) in [6.45, 7) is 0. The third-order valence-electron chi connectivity index (χ3n) is 1.85. The molecular weight excluding hydrogens is 434 g/mol. The second-order valence-electron chi connectivity index (χ2n) is 2.94. The van der Waals surface area contributed by atoms with Crippen LogP contribution < -0.4 is 4.74 Å². The molecule has 0 saturated heterocycles. The van der Waals surface area contributed by atoms with E-state index in [1.807, 2.05) is 0 Å². The molecule has 0 aliphatic heterocycles. The van der Waals surface area contributed by atoms with Crippen LogP contribution in [0.15, 0.2) is 6.20 Å². The maximum Gasteiger partial charge on any atom is 0.573 e. The molecule has 1 heterocycles. The molecule has 0 radical (unpaired) electrons. The number of hydrogen-bond donors (Lipinski definition) is 0. The first-order valence-corrected chi connectivity index (χ1v) is 6.57. The predicted molar refractivity (Wildman–Crippen MR) is 67.6 cm³/mol. The van der Waals surface area contributed by atoms with Gasteiger partial charge in [0.1, 0.15) is 3.70 Å². The lowest BCUT2D eigenvalue weighted by atomic mass is 10.1. The number of aromatic nitrogens is 1. The minimum atomic E-state index is -4.85. The Hall–Kier alpha value is -0.580. The van der Waals surface area contributed by atoms with Crippen LogP contribution in [0.25, 0.3) is 0 Å². The molecule has 0 saturated carbocycles. The number of nitrogens with zero attached hydrogens (tertiary/aromatic N) is 1. The van der Waals surface area contributed by atoms with Gasteiger partial charge in [0.05, 0.1) is 18.9 Å². The first-order chi connectivity index (χ1) is 8.30. The van der Waals surface area contributed by atoms with Gasteiger partial charge in [0.15, 0.2) is 5.75 Å². The molecule has 0 aromatic carbocycles. The average molecular weight is 440 g/mol. The Morgan fingerprint density at radius 3 is 2.61 bits per heavy atom. The summed E-state index contributed by atoms with van der Waals surface area (Å²) in [5, 5.41) is 0.00136. The van der Waals surface area contributed by atoms with Gasteiger partial charge >= 0.3 is 12.3 Å². The summed E-state index contributed by atoms with van der Waals surface area (Å²) in [6, 6.07) is 0. The molecule has 0 bridgehead atoms. The van der Waals surface area contributed by atoms with E-state index in [0.29, 0.717) is 0 Å². The standard InChI is InChI=1S/C9H6BrF3INO3/c1-17-8(16)6-4(2-10)5(3-15-7(6)14)18-9(11,12)13/h3H,2H2,1H3. The second kappa shape index (κ2) is 6.04. The van der Waals surface area contributed by atoms with Gasteiger partial charge < -0.3 is 9.47 Å². The molecule has 0 aliphatic rings. The van der Waals surface area contributed by atoms with Crippen molar-refractivity contribution in [1.29, 1.82) is 0 Å². The van der Waals surface area contributed by atoms with Crippen molar-refractivity contribution in [2.75, 3.05) is 7.11 Å². The van der Waals surface area contributed by atoms with Gasteiger partial charge in [-0.15, -0.1) is 13.2 Å². The van der Waals surface area contributed by atoms with Crippen LogP contribution in [-0.4, -0.2) is 24.4 Å². The van der Waals surface area contributed by atoms with Crippen molar-refractivity contribution in [3.05, 3.63) is 21.0 Å². The average Bonchev–Trinajstić information content (AvgIpc) is 2.28. The van der Waals surface area contributed by atoms with Crippen molar-refractivity contribution in [3.63, 3.8) is 0 Å². The van der Waals surface area contributed by atoms with Crippen molar-refractivity contribution < 1.29 is 27.4 Å². The summed E-state index contributed by atoms with van der Waals surface area (Å²) in [6.07, 6.45) is -3.93. The van der Waals surface area contributed by atoms with Crippen LogP contribution in [0.3, 0.4) is 0 Å². The van der Waals surface area contributed by atoms with E-state index in [9.17, 15) is 18.0 Å². The molecule has 0 N–H and O–H groups in total. The zero-order chi connectivity index (χ0) is 13.9. The SMILES string of the molecule is COC(=O)c1c(I)ncc(OC(F)(F)F)c1CBr.